The number of hydrogen-bond acceptors (Lipinski definition) is 3. The molecule has 1 aromatic carbocycles. The van der Waals surface area contributed by atoms with Gasteiger partial charge in [-0.05, 0) is 37.1 Å². The number of benzene rings is 1. The molecule has 94 valence electrons. The minimum atomic E-state index is 0.597. The number of ether oxygens (including phenoxy) is 1. The predicted molar refractivity (Wildman–Crippen MR) is 76.2 cm³/mol. The van der Waals surface area contributed by atoms with Crippen LogP contribution in [0.3, 0.4) is 0 Å². The topological polar surface area (TPSA) is 21.3 Å². The van der Waals surface area contributed by atoms with Gasteiger partial charge in [0.15, 0.2) is 0 Å². The number of anilines is 1. The van der Waals surface area contributed by atoms with Crippen molar-refractivity contribution in [2.45, 2.75) is 32.2 Å². The van der Waals surface area contributed by atoms with Crippen molar-refractivity contribution in [1.29, 1.82) is 0 Å². The molecule has 0 spiro atoms. The summed E-state index contributed by atoms with van der Waals surface area (Å²) in [6.45, 7) is 2.92. The van der Waals surface area contributed by atoms with E-state index in [2.05, 4.69) is 24.4 Å². The maximum Gasteiger partial charge on any atom is 0.142 e. The van der Waals surface area contributed by atoms with Crippen LogP contribution < -0.4 is 10.1 Å². The van der Waals surface area contributed by atoms with Gasteiger partial charge in [0.2, 0.25) is 0 Å². The summed E-state index contributed by atoms with van der Waals surface area (Å²) in [6, 6.07) is 8.86. The van der Waals surface area contributed by atoms with Gasteiger partial charge in [0.05, 0.1) is 12.3 Å². The normalized spacial score (nSPS) is 19.9. The van der Waals surface area contributed by atoms with Crippen LogP contribution in [0, 0.1) is 0 Å². The Kier molecular flexibility index (Phi) is 5.05. The number of thioether (sulfide) groups is 1. The second-order valence-electron chi connectivity index (χ2n) is 4.40. The molecule has 1 aliphatic heterocycles. The summed E-state index contributed by atoms with van der Waals surface area (Å²) in [5.74, 6) is 3.51. The highest BCUT2D eigenvalue weighted by Gasteiger charge is 2.14. The molecule has 1 saturated heterocycles. The average Bonchev–Trinajstić information content (AvgIpc) is 2.39. The van der Waals surface area contributed by atoms with Gasteiger partial charge in [-0.25, -0.2) is 0 Å². The molecule has 0 amide bonds. The molecule has 0 saturated carbocycles. The zero-order valence-electron chi connectivity index (χ0n) is 10.4. The standard InChI is InChI=1S/C14H21NOS/c1-2-9-16-14-8-4-3-7-13(14)15-12-6-5-10-17-11-12/h3-4,7-8,12,15H,2,5-6,9-11H2,1H3. The van der Waals surface area contributed by atoms with Crippen LogP contribution in [-0.2, 0) is 0 Å². The smallest absolute Gasteiger partial charge is 0.142 e. The lowest BCUT2D eigenvalue weighted by atomic mass is 10.1. The number of hydrogen-bond donors (Lipinski definition) is 1. The van der Waals surface area contributed by atoms with E-state index in [0.29, 0.717) is 6.04 Å². The lowest BCUT2D eigenvalue weighted by Crippen LogP contribution is -2.25. The largest absolute Gasteiger partial charge is 0.491 e. The Balaban J connectivity index is 1.98. The third-order valence-corrected chi connectivity index (χ3v) is 4.08. The van der Waals surface area contributed by atoms with Crippen molar-refractivity contribution in [1.82, 2.24) is 0 Å². The highest BCUT2D eigenvalue weighted by atomic mass is 32.2. The molecule has 0 bridgehead atoms. The highest BCUT2D eigenvalue weighted by molar-refractivity contribution is 7.99. The molecule has 2 rings (SSSR count). The summed E-state index contributed by atoms with van der Waals surface area (Å²) in [4.78, 5) is 0. The summed E-state index contributed by atoms with van der Waals surface area (Å²) in [7, 11) is 0. The molecule has 0 radical (unpaired) electrons. The van der Waals surface area contributed by atoms with Crippen molar-refractivity contribution in [2.75, 3.05) is 23.4 Å². The second-order valence-corrected chi connectivity index (χ2v) is 5.55. The van der Waals surface area contributed by atoms with Gasteiger partial charge in [0.1, 0.15) is 5.75 Å². The number of nitrogens with one attached hydrogen (secondary N) is 1. The van der Waals surface area contributed by atoms with Gasteiger partial charge < -0.3 is 10.1 Å². The van der Waals surface area contributed by atoms with Gasteiger partial charge in [-0.2, -0.15) is 11.8 Å². The van der Waals surface area contributed by atoms with Gasteiger partial charge >= 0.3 is 0 Å². The van der Waals surface area contributed by atoms with Crippen LogP contribution in [0.2, 0.25) is 0 Å². The number of rotatable bonds is 5. The third kappa shape index (κ3) is 3.84. The van der Waals surface area contributed by atoms with E-state index in [1.807, 2.05) is 23.9 Å². The van der Waals surface area contributed by atoms with E-state index in [4.69, 9.17) is 4.74 Å². The van der Waals surface area contributed by atoms with Crippen LogP contribution in [0.15, 0.2) is 24.3 Å². The molecule has 1 atom stereocenters. The molecule has 1 heterocycles. The number of para-hydroxylation sites is 2. The zero-order chi connectivity index (χ0) is 11.9. The highest BCUT2D eigenvalue weighted by Crippen LogP contribution is 2.27. The van der Waals surface area contributed by atoms with Gasteiger partial charge in [-0.15, -0.1) is 0 Å². The monoisotopic (exact) mass is 251 g/mol. The Morgan fingerprint density at radius 3 is 3.06 bits per heavy atom. The summed E-state index contributed by atoms with van der Waals surface area (Å²) in [5.41, 5.74) is 1.15. The first-order valence-corrected chi connectivity index (χ1v) is 7.61. The fraction of sp³-hybridized carbons (Fsp3) is 0.571. The zero-order valence-corrected chi connectivity index (χ0v) is 11.3. The minimum absolute atomic E-state index is 0.597. The Bertz CT molecular complexity index is 337. The van der Waals surface area contributed by atoms with Crippen molar-refractivity contribution in [3.63, 3.8) is 0 Å². The maximum absolute atomic E-state index is 5.76. The van der Waals surface area contributed by atoms with E-state index in [-0.39, 0.29) is 0 Å². The van der Waals surface area contributed by atoms with Crippen LogP contribution >= 0.6 is 11.8 Å². The van der Waals surface area contributed by atoms with Crippen LogP contribution in [0.4, 0.5) is 5.69 Å². The first-order chi connectivity index (χ1) is 8.40. The molecular formula is C14H21NOS. The molecule has 1 aliphatic rings. The summed E-state index contributed by atoms with van der Waals surface area (Å²) in [5, 5.41) is 3.61. The van der Waals surface area contributed by atoms with E-state index in [9.17, 15) is 0 Å². The van der Waals surface area contributed by atoms with Crippen LogP contribution in [-0.4, -0.2) is 24.2 Å². The van der Waals surface area contributed by atoms with Crippen LogP contribution in [0.25, 0.3) is 0 Å². The quantitative estimate of drug-likeness (QED) is 0.860. The first-order valence-electron chi connectivity index (χ1n) is 6.46. The van der Waals surface area contributed by atoms with E-state index >= 15 is 0 Å². The Labute approximate surface area is 108 Å². The first kappa shape index (κ1) is 12.6. The van der Waals surface area contributed by atoms with Crippen molar-refractivity contribution in [3.05, 3.63) is 24.3 Å². The van der Waals surface area contributed by atoms with Crippen molar-refractivity contribution < 1.29 is 4.74 Å². The van der Waals surface area contributed by atoms with Gasteiger partial charge in [-0.1, -0.05) is 19.1 Å². The summed E-state index contributed by atoms with van der Waals surface area (Å²) >= 11 is 2.04. The predicted octanol–water partition coefficient (Wildman–Crippen LogP) is 3.78. The van der Waals surface area contributed by atoms with Crippen molar-refractivity contribution in [2.24, 2.45) is 0 Å². The molecule has 0 aromatic heterocycles. The Morgan fingerprint density at radius 2 is 2.29 bits per heavy atom. The maximum atomic E-state index is 5.76. The average molecular weight is 251 g/mol. The SMILES string of the molecule is CCCOc1ccccc1NC1CCCSC1. The molecule has 0 aliphatic carbocycles. The second kappa shape index (κ2) is 6.80. The Morgan fingerprint density at radius 1 is 1.41 bits per heavy atom. The summed E-state index contributed by atoms with van der Waals surface area (Å²) in [6.07, 6.45) is 3.64. The van der Waals surface area contributed by atoms with Crippen molar-refractivity contribution in [3.8, 4) is 5.75 Å². The van der Waals surface area contributed by atoms with Crippen molar-refractivity contribution >= 4 is 17.4 Å². The molecule has 1 fully saturated rings. The third-order valence-electron chi connectivity index (χ3n) is 2.87. The van der Waals surface area contributed by atoms with Gasteiger partial charge in [0.25, 0.3) is 0 Å². The lowest BCUT2D eigenvalue weighted by molar-refractivity contribution is 0.318. The Hall–Kier alpha value is -0.830. The molecular weight excluding hydrogens is 230 g/mol. The summed E-state index contributed by atoms with van der Waals surface area (Å²) < 4.78 is 5.76. The minimum Gasteiger partial charge on any atom is -0.491 e. The van der Waals surface area contributed by atoms with E-state index < -0.39 is 0 Å². The molecule has 1 N–H and O–H groups in total. The van der Waals surface area contributed by atoms with E-state index in [1.54, 1.807) is 0 Å². The lowest BCUT2D eigenvalue weighted by Gasteiger charge is -2.24. The molecule has 2 nitrogen and oxygen atoms in total. The fourth-order valence-electron chi connectivity index (χ4n) is 2.00. The van der Waals surface area contributed by atoms with Crippen LogP contribution in [0.5, 0.6) is 5.75 Å². The van der Waals surface area contributed by atoms with Gasteiger partial charge in [-0.3, -0.25) is 0 Å². The molecule has 17 heavy (non-hydrogen) atoms. The van der Waals surface area contributed by atoms with E-state index in [0.717, 1.165) is 24.5 Å². The fourth-order valence-corrected chi connectivity index (χ4v) is 3.07. The molecule has 3 heteroatoms. The van der Waals surface area contributed by atoms with Crippen LogP contribution in [0.1, 0.15) is 26.2 Å². The molecule has 1 unspecified atom stereocenters. The molecule has 1 aromatic rings. The van der Waals surface area contributed by atoms with Gasteiger partial charge in [0, 0.05) is 11.8 Å². The van der Waals surface area contributed by atoms with E-state index in [1.165, 1.54) is 24.3 Å².